The number of ether oxygens (including phenoxy) is 3. The van der Waals surface area contributed by atoms with Gasteiger partial charge in [-0.2, -0.15) is 0 Å². The van der Waals surface area contributed by atoms with Crippen LogP contribution in [-0.2, 0) is 49.4 Å². The number of nitrogens with one attached hydrogen (secondary N) is 2. The van der Waals surface area contributed by atoms with Crippen molar-refractivity contribution < 1.29 is 57.7 Å². The largest absolute Gasteiger partial charge is 0.480 e. The summed E-state index contributed by atoms with van der Waals surface area (Å²) in [7, 11) is 6.48. The third-order valence-corrected chi connectivity index (χ3v) is 13.6. The Balaban J connectivity index is 1.37. The van der Waals surface area contributed by atoms with Crippen molar-refractivity contribution >= 4 is 41.4 Å². The lowest BCUT2D eigenvalue weighted by Gasteiger charge is -2.41. The highest BCUT2D eigenvalue weighted by atomic mass is 16.7. The van der Waals surface area contributed by atoms with Gasteiger partial charge < -0.3 is 39.8 Å². The first-order chi connectivity index (χ1) is 32.8. The van der Waals surface area contributed by atoms with E-state index in [0.717, 1.165) is 10.6 Å². The molecule has 69 heavy (non-hydrogen) atoms. The van der Waals surface area contributed by atoms with Gasteiger partial charge in [-0.05, 0) is 55.3 Å². The number of carbonyl (C=O) groups excluding carboxylic acids is 6. The van der Waals surface area contributed by atoms with Crippen LogP contribution in [0, 0.1) is 23.7 Å². The minimum absolute atomic E-state index is 0.0365. The van der Waals surface area contributed by atoms with Crippen LogP contribution in [0.4, 0.5) is 0 Å². The molecule has 382 valence electrons. The van der Waals surface area contributed by atoms with Crippen LogP contribution in [0.25, 0.3) is 0 Å². The normalized spacial score (nSPS) is 18.4. The standard InChI is InChI=1S/C51H76N6O12/c1-12-33(6)44(40(66-10)30-41(58)56-24-18-23-39(56)45(67-11)34(7)46(59)52-38(51(64)65)29-35-19-14-13-15-20-35)55(9)50(63)42(31(2)3)53-47(60)43(32(4)5)54(8)25-26-68-27-28-69-57-48(61)36-21-16-17-22-37(36)49(57)62/h13-17,19-22,31-34,38-40,42-45H,12,18,23-30H2,1-11H3,(H,52,59)(H,53,60)(H,64,65)/t33-,34+,38-,39-,40+,42-,43-,44?,45+/m0/s1. The zero-order chi connectivity index (χ0) is 51.1. The number of hydroxylamine groups is 2. The summed E-state index contributed by atoms with van der Waals surface area (Å²) in [5.41, 5.74) is 1.34. The van der Waals surface area contributed by atoms with E-state index in [4.69, 9.17) is 19.0 Å². The second-order valence-electron chi connectivity index (χ2n) is 19.0. The predicted molar refractivity (Wildman–Crippen MR) is 258 cm³/mol. The Morgan fingerprint density at radius 3 is 1.99 bits per heavy atom. The molecular weight excluding hydrogens is 889 g/mol. The van der Waals surface area contributed by atoms with Crippen LogP contribution in [0.5, 0.6) is 0 Å². The molecule has 1 saturated heterocycles. The van der Waals surface area contributed by atoms with Crippen molar-refractivity contribution in [2.24, 2.45) is 23.7 Å². The Morgan fingerprint density at radius 2 is 1.43 bits per heavy atom. The summed E-state index contributed by atoms with van der Waals surface area (Å²) >= 11 is 0. The van der Waals surface area contributed by atoms with Gasteiger partial charge in [0.25, 0.3) is 11.8 Å². The molecule has 18 heteroatoms. The maximum Gasteiger partial charge on any atom is 0.326 e. The molecule has 6 amide bonds. The molecule has 0 aromatic heterocycles. The number of carboxylic acids is 1. The fraction of sp³-hybridized carbons (Fsp3) is 0.627. The second kappa shape index (κ2) is 26.6. The topological polar surface area (TPSA) is 214 Å². The van der Waals surface area contributed by atoms with Crippen molar-refractivity contribution in [3.05, 3.63) is 71.3 Å². The molecule has 0 bridgehead atoms. The SMILES string of the molecule is CC[C@H](C)C([C@@H](CC(=O)N1CCC[C@H]1[C@H](OC)[C@@H](C)C(=O)N[C@@H](Cc1ccccc1)C(=O)O)OC)N(C)C(=O)[C@@H](NC(=O)[C@H](C(C)C)N(C)CCOCCON1C(=O)c2ccccc2C1=O)C(C)C. The van der Waals surface area contributed by atoms with Crippen molar-refractivity contribution in [3.63, 3.8) is 0 Å². The number of fused-ring (bicyclic) bond motifs is 1. The number of carbonyl (C=O) groups is 7. The van der Waals surface area contributed by atoms with Gasteiger partial charge in [-0.1, -0.05) is 97.4 Å². The summed E-state index contributed by atoms with van der Waals surface area (Å²) in [5.74, 6) is -4.93. The molecule has 0 saturated carbocycles. The molecule has 0 spiro atoms. The van der Waals surface area contributed by atoms with Gasteiger partial charge in [-0.15, -0.1) is 5.06 Å². The fourth-order valence-corrected chi connectivity index (χ4v) is 9.56. The average Bonchev–Trinajstić information content (AvgIpc) is 3.90. The van der Waals surface area contributed by atoms with Gasteiger partial charge in [0.2, 0.25) is 23.6 Å². The van der Waals surface area contributed by atoms with Gasteiger partial charge in [-0.25, -0.2) is 4.79 Å². The molecule has 0 radical (unpaired) electrons. The first kappa shape index (κ1) is 56.3. The first-order valence-electron chi connectivity index (χ1n) is 24.2. The van der Waals surface area contributed by atoms with Gasteiger partial charge in [0.05, 0.1) is 73.6 Å². The number of aliphatic carboxylic acids is 1. The third-order valence-electron chi connectivity index (χ3n) is 13.6. The predicted octanol–water partition coefficient (Wildman–Crippen LogP) is 4.06. The molecule has 4 rings (SSSR count). The van der Waals surface area contributed by atoms with E-state index in [1.165, 1.54) is 14.2 Å². The number of imide groups is 1. The lowest BCUT2D eigenvalue weighted by molar-refractivity contribution is -0.148. The molecule has 0 aliphatic carbocycles. The highest BCUT2D eigenvalue weighted by Gasteiger charge is 2.44. The molecule has 18 nitrogen and oxygen atoms in total. The molecule has 2 heterocycles. The fourth-order valence-electron chi connectivity index (χ4n) is 9.56. The second-order valence-corrected chi connectivity index (χ2v) is 19.0. The summed E-state index contributed by atoms with van der Waals surface area (Å²) in [4.78, 5) is 105. The van der Waals surface area contributed by atoms with E-state index in [0.29, 0.717) is 32.4 Å². The number of nitrogens with zero attached hydrogens (tertiary/aromatic N) is 4. The molecule has 1 unspecified atom stereocenters. The lowest BCUT2D eigenvalue weighted by Crippen LogP contribution is -2.60. The van der Waals surface area contributed by atoms with Crippen LogP contribution in [0.3, 0.4) is 0 Å². The van der Waals surface area contributed by atoms with Crippen molar-refractivity contribution in [3.8, 4) is 0 Å². The summed E-state index contributed by atoms with van der Waals surface area (Å²) in [6, 6.07) is 11.9. The van der Waals surface area contributed by atoms with Crippen LogP contribution >= 0.6 is 0 Å². The number of likely N-dealkylation sites (tertiary alicyclic amines) is 1. The molecule has 2 aliphatic heterocycles. The quantitative estimate of drug-likeness (QED) is 0.0812. The van der Waals surface area contributed by atoms with Crippen LogP contribution in [0.2, 0.25) is 0 Å². The van der Waals surface area contributed by atoms with Crippen LogP contribution in [0.1, 0.15) is 100 Å². The van der Waals surface area contributed by atoms with E-state index in [-0.39, 0.29) is 79.3 Å². The number of methoxy groups -OCH3 is 2. The van der Waals surface area contributed by atoms with Crippen LogP contribution in [-0.4, -0.2) is 170 Å². The number of hydrogen-bond donors (Lipinski definition) is 3. The molecule has 1 fully saturated rings. The molecular formula is C51H76N6O12. The molecule has 9 atom stereocenters. The van der Waals surface area contributed by atoms with Crippen molar-refractivity contribution in [2.45, 2.75) is 123 Å². The summed E-state index contributed by atoms with van der Waals surface area (Å²) in [5, 5.41) is 16.4. The summed E-state index contributed by atoms with van der Waals surface area (Å²) in [6.45, 7) is 14.3. The molecule has 2 aromatic carbocycles. The minimum Gasteiger partial charge on any atom is -0.480 e. The number of carboxylic acid groups (broad SMARTS) is 1. The molecule has 3 N–H and O–H groups in total. The minimum atomic E-state index is -1.16. The summed E-state index contributed by atoms with van der Waals surface area (Å²) < 4.78 is 17.7. The number of hydrogen-bond acceptors (Lipinski definition) is 12. The zero-order valence-corrected chi connectivity index (χ0v) is 42.3. The highest BCUT2D eigenvalue weighted by molar-refractivity contribution is 6.20. The van der Waals surface area contributed by atoms with Crippen molar-refractivity contribution in [1.29, 1.82) is 0 Å². The van der Waals surface area contributed by atoms with Crippen molar-refractivity contribution in [2.75, 3.05) is 61.2 Å². The average molecular weight is 965 g/mol. The van der Waals surface area contributed by atoms with Gasteiger partial charge in [0.1, 0.15) is 12.1 Å². The molecule has 2 aliphatic rings. The van der Waals surface area contributed by atoms with Crippen LogP contribution in [0.15, 0.2) is 54.6 Å². The van der Waals surface area contributed by atoms with Gasteiger partial charge >= 0.3 is 5.97 Å². The maximum absolute atomic E-state index is 14.6. The van der Waals surface area contributed by atoms with Crippen molar-refractivity contribution in [1.82, 2.24) is 30.4 Å². The van der Waals surface area contributed by atoms with E-state index >= 15 is 0 Å². The Kier molecular flexibility index (Phi) is 21.7. The van der Waals surface area contributed by atoms with E-state index < -0.39 is 72.0 Å². The van der Waals surface area contributed by atoms with E-state index in [9.17, 15) is 38.7 Å². The van der Waals surface area contributed by atoms with E-state index in [2.05, 4.69) is 10.6 Å². The Morgan fingerprint density at radius 1 is 0.812 bits per heavy atom. The van der Waals surface area contributed by atoms with Gasteiger partial charge in [0, 0.05) is 40.8 Å². The number of benzene rings is 2. The first-order valence-corrected chi connectivity index (χ1v) is 24.2. The highest BCUT2D eigenvalue weighted by Crippen LogP contribution is 2.30. The Labute approximate surface area is 407 Å². The van der Waals surface area contributed by atoms with Gasteiger partial charge in [0.15, 0.2) is 0 Å². The van der Waals surface area contributed by atoms with E-state index in [1.807, 2.05) is 64.6 Å². The molecule has 2 aromatic rings. The third kappa shape index (κ3) is 14.4. The van der Waals surface area contributed by atoms with Gasteiger partial charge in [-0.3, -0.25) is 38.5 Å². The Hall–Kier alpha value is -5.27. The monoisotopic (exact) mass is 965 g/mol. The smallest absolute Gasteiger partial charge is 0.326 e. The van der Waals surface area contributed by atoms with E-state index in [1.54, 1.807) is 67.2 Å². The summed E-state index contributed by atoms with van der Waals surface area (Å²) in [6.07, 6.45) is 0.500. The van der Waals surface area contributed by atoms with Crippen LogP contribution < -0.4 is 10.6 Å². The lowest BCUT2D eigenvalue weighted by atomic mass is 9.89. The zero-order valence-electron chi connectivity index (χ0n) is 42.3. The maximum atomic E-state index is 14.6. The Bertz CT molecular complexity index is 2020. The number of rotatable bonds is 28. The number of amides is 6. The number of likely N-dealkylation sites (N-methyl/N-ethyl adjacent to an activating group) is 2.